The van der Waals surface area contributed by atoms with E-state index in [-0.39, 0.29) is 0 Å². The van der Waals surface area contributed by atoms with Crippen molar-refractivity contribution in [3.63, 3.8) is 0 Å². The van der Waals surface area contributed by atoms with Gasteiger partial charge in [0.1, 0.15) is 0 Å². The van der Waals surface area contributed by atoms with Crippen LogP contribution in [-0.2, 0) is 6.54 Å². The minimum atomic E-state index is 0.632. The molecule has 3 rings (SSSR count). The van der Waals surface area contributed by atoms with Crippen LogP contribution < -0.4 is 5.32 Å². The predicted molar refractivity (Wildman–Crippen MR) is 80.0 cm³/mol. The van der Waals surface area contributed by atoms with Crippen LogP contribution >= 0.6 is 0 Å². The molecule has 2 heteroatoms. The van der Waals surface area contributed by atoms with E-state index in [9.17, 15) is 0 Å². The molecule has 0 amide bonds. The molecule has 0 saturated heterocycles. The van der Waals surface area contributed by atoms with Crippen LogP contribution in [0.4, 0.5) is 0 Å². The van der Waals surface area contributed by atoms with Crippen molar-refractivity contribution in [2.45, 2.75) is 45.2 Å². The molecular weight excluding hydrogens is 232 g/mol. The number of pyridine rings is 1. The fourth-order valence-corrected chi connectivity index (χ4v) is 3.14. The Kier molecular flexibility index (Phi) is 3.79. The van der Waals surface area contributed by atoms with Crippen LogP contribution in [0.25, 0.3) is 10.9 Å². The van der Waals surface area contributed by atoms with E-state index in [0.717, 1.165) is 18.0 Å². The van der Waals surface area contributed by atoms with Crippen molar-refractivity contribution in [1.82, 2.24) is 10.3 Å². The molecule has 0 aliphatic heterocycles. The van der Waals surface area contributed by atoms with Crippen molar-refractivity contribution < 1.29 is 0 Å². The third-order valence-corrected chi connectivity index (χ3v) is 4.40. The second kappa shape index (κ2) is 5.70. The number of hydrogen-bond acceptors (Lipinski definition) is 2. The summed E-state index contributed by atoms with van der Waals surface area (Å²) >= 11 is 0. The summed E-state index contributed by atoms with van der Waals surface area (Å²) in [5.41, 5.74) is 2.43. The standard InChI is InChI=1S/C17H22N2/c1-13(15-5-2-3-6-15)19-12-14-8-9-17-16(11-14)7-4-10-18-17/h4,7-11,13,15,19H,2-3,5-6,12H2,1H3/t13-/m1/s1. The smallest absolute Gasteiger partial charge is 0.0702 e. The molecule has 19 heavy (non-hydrogen) atoms. The Hall–Kier alpha value is -1.41. The van der Waals surface area contributed by atoms with Crippen molar-refractivity contribution in [3.8, 4) is 0 Å². The summed E-state index contributed by atoms with van der Waals surface area (Å²) < 4.78 is 0. The van der Waals surface area contributed by atoms with Crippen molar-refractivity contribution in [3.05, 3.63) is 42.1 Å². The minimum absolute atomic E-state index is 0.632. The zero-order valence-electron chi connectivity index (χ0n) is 11.6. The minimum Gasteiger partial charge on any atom is -0.310 e. The summed E-state index contributed by atoms with van der Waals surface area (Å²) in [6.45, 7) is 3.29. The number of rotatable bonds is 4. The number of benzene rings is 1. The van der Waals surface area contributed by atoms with Gasteiger partial charge in [-0.3, -0.25) is 4.98 Å². The predicted octanol–water partition coefficient (Wildman–Crippen LogP) is 3.90. The fraction of sp³-hybridized carbons (Fsp3) is 0.471. The molecule has 2 aromatic rings. The highest BCUT2D eigenvalue weighted by Crippen LogP contribution is 2.27. The number of hydrogen-bond donors (Lipinski definition) is 1. The molecule has 100 valence electrons. The Labute approximate surface area is 115 Å². The lowest BCUT2D eigenvalue weighted by Gasteiger charge is -2.20. The highest BCUT2D eigenvalue weighted by molar-refractivity contribution is 5.78. The molecule has 0 unspecified atom stereocenters. The molecule has 1 fully saturated rings. The van der Waals surface area contributed by atoms with Crippen LogP contribution in [0.1, 0.15) is 38.2 Å². The Balaban J connectivity index is 1.64. The first-order chi connectivity index (χ1) is 9.33. The van der Waals surface area contributed by atoms with Gasteiger partial charge in [-0.25, -0.2) is 0 Å². The van der Waals surface area contributed by atoms with Crippen molar-refractivity contribution in [1.29, 1.82) is 0 Å². The largest absolute Gasteiger partial charge is 0.310 e. The monoisotopic (exact) mass is 254 g/mol. The first-order valence-corrected chi connectivity index (χ1v) is 7.40. The zero-order chi connectivity index (χ0) is 13.1. The molecule has 1 aliphatic carbocycles. The van der Waals surface area contributed by atoms with Crippen LogP contribution in [0.3, 0.4) is 0 Å². The highest BCUT2D eigenvalue weighted by Gasteiger charge is 2.20. The van der Waals surface area contributed by atoms with Gasteiger partial charge in [-0.15, -0.1) is 0 Å². The van der Waals surface area contributed by atoms with Gasteiger partial charge in [0.25, 0.3) is 0 Å². The first kappa shape index (κ1) is 12.6. The van der Waals surface area contributed by atoms with Crippen molar-refractivity contribution in [2.75, 3.05) is 0 Å². The van der Waals surface area contributed by atoms with Gasteiger partial charge < -0.3 is 5.32 Å². The molecule has 0 spiro atoms. The van der Waals surface area contributed by atoms with Gasteiger partial charge in [-0.2, -0.15) is 0 Å². The van der Waals surface area contributed by atoms with Gasteiger partial charge in [0.15, 0.2) is 0 Å². The topological polar surface area (TPSA) is 24.9 Å². The van der Waals surface area contributed by atoms with E-state index in [1.807, 2.05) is 12.3 Å². The molecular formula is C17H22N2. The maximum atomic E-state index is 4.36. The van der Waals surface area contributed by atoms with Gasteiger partial charge in [0.2, 0.25) is 0 Å². The number of fused-ring (bicyclic) bond motifs is 1. The summed E-state index contributed by atoms with van der Waals surface area (Å²) in [7, 11) is 0. The molecule has 1 aromatic heterocycles. The normalized spacial score (nSPS) is 17.9. The first-order valence-electron chi connectivity index (χ1n) is 7.40. The average molecular weight is 254 g/mol. The Morgan fingerprint density at radius 1 is 1.26 bits per heavy atom. The lowest BCUT2D eigenvalue weighted by Crippen LogP contribution is -2.31. The second-order valence-electron chi connectivity index (χ2n) is 5.74. The summed E-state index contributed by atoms with van der Waals surface area (Å²) in [5, 5.41) is 4.92. The quantitative estimate of drug-likeness (QED) is 0.895. The molecule has 1 aromatic carbocycles. The molecule has 1 aliphatic rings. The molecule has 1 N–H and O–H groups in total. The molecule has 0 radical (unpaired) electrons. The maximum Gasteiger partial charge on any atom is 0.0702 e. The third kappa shape index (κ3) is 2.95. The fourth-order valence-electron chi connectivity index (χ4n) is 3.14. The van der Waals surface area contributed by atoms with Gasteiger partial charge in [0.05, 0.1) is 5.52 Å². The Morgan fingerprint density at radius 2 is 2.11 bits per heavy atom. The van der Waals surface area contributed by atoms with E-state index in [1.54, 1.807) is 0 Å². The van der Waals surface area contributed by atoms with Crippen LogP contribution in [0.5, 0.6) is 0 Å². The van der Waals surface area contributed by atoms with E-state index in [1.165, 1.54) is 36.6 Å². The molecule has 1 saturated carbocycles. The van der Waals surface area contributed by atoms with Crippen LogP contribution in [0.2, 0.25) is 0 Å². The second-order valence-corrected chi connectivity index (χ2v) is 5.74. The van der Waals surface area contributed by atoms with Crippen LogP contribution in [-0.4, -0.2) is 11.0 Å². The lowest BCUT2D eigenvalue weighted by molar-refractivity contribution is 0.380. The number of aromatic nitrogens is 1. The van der Waals surface area contributed by atoms with E-state index in [4.69, 9.17) is 0 Å². The summed E-state index contributed by atoms with van der Waals surface area (Å²) in [5.74, 6) is 0.877. The van der Waals surface area contributed by atoms with E-state index < -0.39 is 0 Å². The summed E-state index contributed by atoms with van der Waals surface area (Å²) in [4.78, 5) is 4.36. The van der Waals surface area contributed by atoms with Gasteiger partial charge in [-0.05, 0) is 49.4 Å². The summed E-state index contributed by atoms with van der Waals surface area (Å²) in [6, 6.07) is 11.3. The van der Waals surface area contributed by atoms with Gasteiger partial charge >= 0.3 is 0 Å². The molecule has 1 heterocycles. The van der Waals surface area contributed by atoms with E-state index >= 15 is 0 Å². The molecule has 2 nitrogen and oxygen atoms in total. The van der Waals surface area contributed by atoms with Gasteiger partial charge in [0, 0.05) is 24.2 Å². The average Bonchev–Trinajstić information content (AvgIpc) is 2.99. The van der Waals surface area contributed by atoms with Crippen LogP contribution in [0.15, 0.2) is 36.5 Å². The Morgan fingerprint density at radius 3 is 2.95 bits per heavy atom. The molecule has 0 bridgehead atoms. The lowest BCUT2D eigenvalue weighted by atomic mass is 9.99. The van der Waals surface area contributed by atoms with Crippen molar-refractivity contribution in [2.24, 2.45) is 5.92 Å². The van der Waals surface area contributed by atoms with Gasteiger partial charge in [-0.1, -0.05) is 25.0 Å². The highest BCUT2D eigenvalue weighted by atomic mass is 14.9. The van der Waals surface area contributed by atoms with Crippen molar-refractivity contribution >= 4 is 10.9 Å². The number of nitrogens with zero attached hydrogens (tertiary/aromatic N) is 1. The van der Waals surface area contributed by atoms with E-state index in [2.05, 4.69) is 41.5 Å². The maximum absolute atomic E-state index is 4.36. The zero-order valence-corrected chi connectivity index (χ0v) is 11.6. The van der Waals surface area contributed by atoms with Crippen LogP contribution in [0, 0.1) is 5.92 Å². The summed E-state index contributed by atoms with van der Waals surface area (Å²) in [6.07, 6.45) is 7.48. The SMILES string of the molecule is C[C@@H](NCc1ccc2ncccc2c1)C1CCCC1. The molecule has 1 atom stereocenters. The third-order valence-electron chi connectivity index (χ3n) is 4.40. The number of nitrogens with one attached hydrogen (secondary N) is 1. The Bertz CT molecular complexity index is 544. The van der Waals surface area contributed by atoms with E-state index in [0.29, 0.717) is 6.04 Å².